The molecule has 0 fully saturated rings. The molecule has 0 aliphatic rings. The van der Waals surface area contributed by atoms with Gasteiger partial charge in [-0.15, -0.1) is 0 Å². The minimum atomic E-state index is -0.411. The number of hydrogen-bond donors (Lipinski definition) is 2. The minimum absolute atomic E-state index is 0.219. The molecule has 0 radical (unpaired) electrons. The number of aromatic nitrogens is 3. The number of carbonyl (C=O) groups excluding carboxylic acids is 2. The van der Waals surface area contributed by atoms with Crippen LogP contribution in [0, 0.1) is 5.82 Å². The molecule has 0 atom stereocenters. The molecule has 0 aliphatic heterocycles. The fourth-order valence-electron chi connectivity index (χ4n) is 3.78. The Balaban J connectivity index is 1.37. The molecule has 0 saturated carbocycles. The van der Waals surface area contributed by atoms with E-state index in [0.717, 1.165) is 16.3 Å². The summed E-state index contributed by atoms with van der Waals surface area (Å²) in [6.45, 7) is 0.317. The van der Waals surface area contributed by atoms with E-state index in [4.69, 9.17) is 0 Å². The summed E-state index contributed by atoms with van der Waals surface area (Å²) in [5.74, 6) is -0.759. The predicted octanol–water partition coefficient (Wildman–Crippen LogP) is 4.77. The summed E-state index contributed by atoms with van der Waals surface area (Å²) >= 11 is 0. The van der Waals surface area contributed by atoms with Gasteiger partial charge in [0.05, 0.1) is 11.1 Å². The van der Waals surface area contributed by atoms with Crippen molar-refractivity contribution in [3.8, 4) is 0 Å². The van der Waals surface area contributed by atoms with Crippen LogP contribution in [0.4, 0.5) is 10.3 Å². The van der Waals surface area contributed by atoms with Gasteiger partial charge in [-0.2, -0.15) is 0 Å². The number of para-hydroxylation sites is 1. The smallest absolute Gasteiger partial charge is 0.276 e. The standard InChI is InChI=1S/C26H20FN5O2/c1-32(15-16-9-11-19(27)12-10-16)25(34)20-7-4-8-21-23(20)30-26(29-21)31-24(33)22-13-17-5-2-3-6-18(17)14-28-22/h2-14H,15H2,1H3,(H2,29,30,31,33). The number of H-pyrrole nitrogens is 1. The number of fused-ring (bicyclic) bond motifs is 2. The second kappa shape index (κ2) is 8.74. The molecule has 2 heterocycles. The molecule has 34 heavy (non-hydrogen) atoms. The molecule has 7 nitrogen and oxygen atoms in total. The Bertz CT molecular complexity index is 1530. The van der Waals surface area contributed by atoms with Crippen molar-refractivity contribution in [1.29, 1.82) is 0 Å². The number of amides is 2. The van der Waals surface area contributed by atoms with Crippen molar-refractivity contribution < 1.29 is 14.0 Å². The average molecular weight is 453 g/mol. The molecule has 2 amide bonds. The van der Waals surface area contributed by atoms with Gasteiger partial charge < -0.3 is 9.88 Å². The quantitative estimate of drug-likeness (QED) is 0.401. The van der Waals surface area contributed by atoms with Gasteiger partial charge >= 0.3 is 0 Å². The van der Waals surface area contributed by atoms with E-state index >= 15 is 0 Å². The van der Waals surface area contributed by atoms with Crippen molar-refractivity contribution in [3.05, 3.63) is 102 Å². The number of anilines is 1. The maximum absolute atomic E-state index is 13.2. The van der Waals surface area contributed by atoms with Gasteiger partial charge in [0, 0.05) is 25.2 Å². The fourth-order valence-corrected chi connectivity index (χ4v) is 3.78. The summed E-state index contributed by atoms with van der Waals surface area (Å²) in [7, 11) is 1.67. The molecule has 5 aromatic rings. The number of carbonyl (C=O) groups is 2. The summed E-state index contributed by atoms with van der Waals surface area (Å²) in [5, 5.41) is 4.57. The summed E-state index contributed by atoms with van der Waals surface area (Å²) in [4.78, 5) is 39.1. The topological polar surface area (TPSA) is 91.0 Å². The number of rotatable bonds is 5. The Morgan fingerprint density at radius 2 is 1.76 bits per heavy atom. The molecule has 8 heteroatoms. The van der Waals surface area contributed by atoms with Crippen LogP contribution in [0.25, 0.3) is 21.8 Å². The van der Waals surface area contributed by atoms with Crippen LogP contribution in [0.2, 0.25) is 0 Å². The molecule has 2 N–H and O–H groups in total. The number of halogens is 1. The third-order valence-corrected chi connectivity index (χ3v) is 5.52. The zero-order valence-electron chi connectivity index (χ0n) is 18.2. The van der Waals surface area contributed by atoms with Gasteiger partial charge in [0.1, 0.15) is 17.0 Å². The van der Waals surface area contributed by atoms with Crippen LogP contribution in [0.1, 0.15) is 26.4 Å². The molecule has 168 valence electrons. The van der Waals surface area contributed by atoms with Gasteiger partial charge in [-0.3, -0.25) is 19.9 Å². The fraction of sp³-hybridized carbons (Fsp3) is 0.0769. The summed E-state index contributed by atoms with van der Waals surface area (Å²) in [6.07, 6.45) is 1.65. The zero-order chi connectivity index (χ0) is 23.7. The molecule has 0 spiro atoms. The Morgan fingerprint density at radius 1 is 1.00 bits per heavy atom. The SMILES string of the molecule is CN(Cc1ccc(F)cc1)C(=O)c1cccc2[nH]c(NC(=O)c3cc4ccccc4cn3)nc12. The molecule has 0 saturated heterocycles. The number of imidazole rings is 1. The highest BCUT2D eigenvalue weighted by atomic mass is 19.1. The maximum Gasteiger partial charge on any atom is 0.276 e. The lowest BCUT2D eigenvalue weighted by Gasteiger charge is -2.17. The Labute approximate surface area is 194 Å². The van der Waals surface area contributed by atoms with Crippen LogP contribution in [0.5, 0.6) is 0 Å². The van der Waals surface area contributed by atoms with Crippen molar-refractivity contribution in [1.82, 2.24) is 19.9 Å². The first-order chi connectivity index (χ1) is 16.5. The molecule has 2 aromatic heterocycles. The van der Waals surface area contributed by atoms with E-state index in [-0.39, 0.29) is 23.4 Å². The first-order valence-electron chi connectivity index (χ1n) is 10.6. The van der Waals surface area contributed by atoms with E-state index in [1.165, 1.54) is 17.0 Å². The first kappa shape index (κ1) is 21.3. The van der Waals surface area contributed by atoms with Crippen molar-refractivity contribution in [2.75, 3.05) is 12.4 Å². The second-order valence-electron chi connectivity index (χ2n) is 7.95. The minimum Gasteiger partial charge on any atom is -0.337 e. The van der Waals surface area contributed by atoms with Crippen LogP contribution in [-0.2, 0) is 6.54 Å². The van der Waals surface area contributed by atoms with E-state index < -0.39 is 5.91 Å². The number of nitrogens with zero attached hydrogens (tertiary/aromatic N) is 3. The number of pyridine rings is 1. The normalized spacial score (nSPS) is 11.0. The molecule has 0 unspecified atom stereocenters. The van der Waals surface area contributed by atoms with Gasteiger partial charge in [0.25, 0.3) is 11.8 Å². The monoisotopic (exact) mass is 453 g/mol. The highest BCUT2D eigenvalue weighted by molar-refractivity contribution is 6.07. The van der Waals surface area contributed by atoms with E-state index in [1.807, 2.05) is 24.3 Å². The Morgan fingerprint density at radius 3 is 2.56 bits per heavy atom. The van der Waals surface area contributed by atoms with Gasteiger partial charge in [-0.1, -0.05) is 42.5 Å². The largest absolute Gasteiger partial charge is 0.337 e. The number of benzene rings is 3. The van der Waals surface area contributed by atoms with E-state index in [9.17, 15) is 14.0 Å². The second-order valence-corrected chi connectivity index (χ2v) is 7.95. The van der Waals surface area contributed by atoms with Gasteiger partial charge in [-0.05, 0) is 41.3 Å². The molecule has 0 bridgehead atoms. The van der Waals surface area contributed by atoms with Crippen molar-refractivity contribution in [2.24, 2.45) is 0 Å². The molecule has 0 aliphatic carbocycles. The number of aromatic amines is 1. The summed E-state index contributed by atoms with van der Waals surface area (Å²) < 4.78 is 13.2. The first-order valence-corrected chi connectivity index (χ1v) is 10.6. The van der Waals surface area contributed by atoms with Gasteiger partial charge in [0.2, 0.25) is 5.95 Å². The molecular formula is C26H20FN5O2. The lowest BCUT2D eigenvalue weighted by molar-refractivity contribution is 0.0786. The van der Waals surface area contributed by atoms with E-state index in [2.05, 4.69) is 20.3 Å². The summed E-state index contributed by atoms with van der Waals surface area (Å²) in [5.41, 5.74) is 2.52. The third kappa shape index (κ3) is 4.21. The third-order valence-electron chi connectivity index (χ3n) is 5.52. The van der Waals surface area contributed by atoms with Crippen LogP contribution in [-0.4, -0.2) is 38.7 Å². The highest BCUT2D eigenvalue weighted by Crippen LogP contribution is 2.21. The molecule has 5 rings (SSSR count). The van der Waals surface area contributed by atoms with Crippen LogP contribution in [0.3, 0.4) is 0 Å². The van der Waals surface area contributed by atoms with E-state index in [0.29, 0.717) is 23.1 Å². The van der Waals surface area contributed by atoms with E-state index in [1.54, 1.807) is 49.6 Å². The highest BCUT2D eigenvalue weighted by Gasteiger charge is 2.19. The Hall–Kier alpha value is -4.59. The van der Waals surface area contributed by atoms with Crippen molar-refractivity contribution in [3.63, 3.8) is 0 Å². The van der Waals surface area contributed by atoms with Crippen LogP contribution >= 0.6 is 0 Å². The number of hydrogen-bond acceptors (Lipinski definition) is 4. The van der Waals surface area contributed by atoms with Crippen LogP contribution < -0.4 is 5.32 Å². The average Bonchev–Trinajstić information content (AvgIpc) is 3.27. The zero-order valence-corrected chi connectivity index (χ0v) is 18.2. The lowest BCUT2D eigenvalue weighted by atomic mass is 10.1. The van der Waals surface area contributed by atoms with Crippen LogP contribution in [0.15, 0.2) is 79.0 Å². The Kier molecular flexibility index (Phi) is 5.47. The molecule has 3 aromatic carbocycles. The lowest BCUT2D eigenvalue weighted by Crippen LogP contribution is -2.26. The predicted molar refractivity (Wildman–Crippen MR) is 128 cm³/mol. The van der Waals surface area contributed by atoms with Crippen molar-refractivity contribution >= 4 is 39.6 Å². The summed E-state index contributed by atoms with van der Waals surface area (Å²) in [6, 6.07) is 20.6. The number of nitrogens with one attached hydrogen (secondary N) is 2. The maximum atomic E-state index is 13.2. The molecular weight excluding hydrogens is 433 g/mol. The van der Waals surface area contributed by atoms with Gasteiger partial charge in [-0.25, -0.2) is 9.37 Å². The van der Waals surface area contributed by atoms with Crippen molar-refractivity contribution in [2.45, 2.75) is 6.54 Å². The van der Waals surface area contributed by atoms with Gasteiger partial charge in [0.15, 0.2) is 0 Å².